The standard InChI is InChI=1S/C14H19N3O4/c1-8(11(15)18)17-12(19)10-9(6-5-7-16-10)13(20)21-14(2,3)4/h5-8H,1-4H3,(H2,15,18)(H,17,19)/t8-/m0/s1. The fraction of sp³-hybridized carbons (Fsp3) is 0.429. The van der Waals surface area contributed by atoms with Gasteiger partial charge in [-0.15, -0.1) is 0 Å². The van der Waals surface area contributed by atoms with Crippen LogP contribution in [-0.4, -0.2) is 34.4 Å². The Kier molecular flexibility index (Phi) is 5.02. The van der Waals surface area contributed by atoms with Crippen molar-refractivity contribution in [1.29, 1.82) is 0 Å². The molecule has 0 saturated heterocycles. The molecule has 114 valence electrons. The molecule has 1 heterocycles. The third kappa shape index (κ3) is 4.87. The number of carbonyl (C=O) groups excluding carboxylic acids is 3. The number of nitrogens with zero attached hydrogens (tertiary/aromatic N) is 1. The van der Waals surface area contributed by atoms with E-state index in [4.69, 9.17) is 10.5 Å². The lowest BCUT2D eigenvalue weighted by Gasteiger charge is -2.20. The fourth-order valence-electron chi connectivity index (χ4n) is 1.42. The van der Waals surface area contributed by atoms with Crippen molar-refractivity contribution in [3.05, 3.63) is 29.6 Å². The van der Waals surface area contributed by atoms with Crippen molar-refractivity contribution in [3.8, 4) is 0 Å². The van der Waals surface area contributed by atoms with Crippen LogP contribution in [0.25, 0.3) is 0 Å². The number of nitrogens with two attached hydrogens (primary N) is 1. The molecule has 0 fully saturated rings. The van der Waals surface area contributed by atoms with Crippen molar-refractivity contribution in [2.45, 2.75) is 39.3 Å². The number of pyridine rings is 1. The molecule has 2 amide bonds. The molecule has 0 aliphatic heterocycles. The second kappa shape index (κ2) is 6.34. The van der Waals surface area contributed by atoms with Crippen molar-refractivity contribution in [1.82, 2.24) is 10.3 Å². The molecule has 21 heavy (non-hydrogen) atoms. The first-order valence-electron chi connectivity index (χ1n) is 6.40. The number of esters is 1. The smallest absolute Gasteiger partial charge is 0.341 e. The Labute approximate surface area is 122 Å². The molecule has 7 heteroatoms. The summed E-state index contributed by atoms with van der Waals surface area (Å²) in [5.74, 6) is -2.01. The maximum absolute atomic E-state index is 12.1. The van der Waals surface area contributed by atoms with Crippen LogP contribution in [0.3, 0.4) is 0 Å². The van der Waals surface area contributed by atoms with Gasteiger partial charge in [-0.05, 0) is 39.8 Å². The van der Waals surface area contributed by atoms with Crippen LogP contribution in [-0.2, 0) is 9.53 Å². The molecular weight excluding hydrogens is 274 g/mol. The van der Waals surface area contributed by atoms with Gasteiger partial charge in [-0.25, -0.2) is 4.79 Å². The van der Waals surface area contributed by atoms with Gasteiger partial charge in [0, 0.05) is 6.20 Å². The molecule has 0 radical (unpaired) electrons. The number of nitrogens with one attached hydrogen (secondary N) is 1. The highest BCUT2D eigenvalue weighted by Gasteiger charge is 2.25. The summed E-state index contributed by atoms with van der Waals surface area (Å²) in [4.78, 5) is 39.0. The predicted molar refractivity (Wildman–Crippen MR) is 75.5 cm³/mol. The Balaban J connectivity index is 3.01. The Morgan fingerprint density at radius 1 is 1.33 bits per heavy atom. The molecule has 0 aliphatic rings. The molecule has 1 rings (SSSR count). The third-order valence-electron chi connectivity index (χ3n) is 2.42. The molecule has 3 N–H and O–H groups in total. The molecule has 1 aromatic heterocycles. The first kappa shape index (κ1) is 16.6. The van der Waals surface area contributed by atoms with Gasteiger partial charge in [0.25, 0.3) is 5.91 Å². The number of primary amides is 1. The first-order valence-corrected chi connectivity index (χ1v) is 6.40. The monoisotopic (exact) mass is 293 g/mol. The minimum Gasteiger partial charge on any atom is -0.456 e. The number of hydrogen-bond acceptors (Lipinski definition) is 5. The number of hydrogen-bond donors (Lipinski definition) is 2. The second-order valence-electron chi connectivity index (χ2n) is 5.50. The summed E-state index contributed by atoms with van der Waals surface area (Å²) in [7, 11) is 0. The minimum atomic E-state index is -0.869. The zero-order valence-corrected chi connectivity index (χ0v) is 12.5. The van der Waals surface area contributed by atoms with Crippen molar-refractivity contribution in [3.63, 3.8) is 0 Å². The van der Waals surface area contributed by atoms with E-state index < -0.39 is 29.4 Å². The van der Waals surface area contributed by atoms with Crippen LogP contribution in [0, 0.1) is 0 Å². The van der Waals surface area contributed by atoms with Gasteiger partial charge in [-0.2, -0.15) is 0 Å². The lowest BCUT2D eigenvalue weighted by Crippen LogP contribution is -2.43. The molecule has 0 aliphatic carbocycles. The molecule has 0 aromatic carbocycles. The van der Waals surface area contributed by atoms with Crippen LogP contribution >= 0.6 is 0 Å². The predicted octanol–water partition coefficient (Wildman–Crippen LogP) is 0.640. The number of aromatic nitrogens is 1. The zero-order chi connectivity index (χ0) is 16.2. The van der Waals surface area contributed by atoms with E-state index in [2.05, 4.69) is 10.3 Å². The van der Waals surface area contributed by atoms with E-state index in [1.54, 1.807) is 20.8 Å². The topological polar surface area (TPSA) is 111 Å². The second-order valence-corrected chi connectivity index (χ2v) is 5.50. The van der Waals surface area contributed by atoms with Crippen LogP contribution < -0.4 is 11.1 Å². The Hall–Kier alpha value is -2.44. The van der Waals surface area contributed by atoms with E-state index in [9.17, 15) is 14.4 Å². The van der Waals surface area contributed by atoms with Crippen LogP contribution in [0.4, 0.5) is 0 Å². The summed E-state index contributed by atoms with van der Waals surface area (Å²) < 4.78 is 5.22. The normalized spacial score (nSPS) is 12.4. The highest BCUT2D eigenvalue weighted by Crippen LogP contribution is 2.14. The first-order chi connectivity index (χ1) is 9.61. The average molecular weight is 293 g/mol. The van der Waals surface area contributed by atoms with E-state index in [-0.39, 0.29) is 11.3 Å². The van der Waals surface area contributed by atoms with Gasteiger partial charge >= 0.3 is 5.97 Å². The number of carbonyl (C=O) groups is 3. The summed E-state index contributed by atoms with van der Waals surface area (Å²) in [5.41, 5.74) is 4.30. The maximum Gasteiger partial charge on any atom is 0.341 e. The largest absolute Gasteiger partial charge is 0.456 e. The average Bonchev–Trinajstić information content (AvgIpc) is 2.36. The highest BCUT2D eigenvalue weighted by atomic mass is 16.6. The van der Waals surface area contributed by atoms with Crippen molar-refractivity contribution in [2.24, 2.45) is 5.73 Å². The van der Waals surface area contributed by atoms with Crippen molar-refractivity contribution >= 4 is 17.8 Å². The Morgan fingerprint density at radius 2 is 1.95 bits per heavy atom. The summed E-state index contributed by atoms with van der Waals surface area (Å²) in [6.07, 6.45) is 1.37. The maximum atomic E-state index is 12.1. The summed E-state index contributed by atoms with van der Waals surface area (Å²) in [5, 5.41) is 2.37. The minimum absolute atomic E-state index is 0.0293. The summed E-state index contributed by atoms with van der Waals surface area (Å²) in [6, 6.07) is 2.09. The molecule has 0 bridgehead atoms. The molecule has 0 unspecified atom stereocenters. The van der Waals surface area contributed by atoms with Gasteiger partial charge in [-0.1, -0.05) is 0 Å². The Bertz CT molecular complexity index is 564. The molecular formula is C14H19N3O4. The van der Waals surface area contributed by atoms with Gasteiger partial charge in [-0.3, -0.25) is 14.6 Å². The fourth-order valence-corrected chi connectivity index (χ4v) is 1.42. The van der Waals surface area contributed by atoms with Crippen LogP contribution in [0.5, 0.6) is 0 Å². The van der Waals surface area contributed by atoms with Gasteiger partial charge in [0.05, 0.1) is 5.56 Å². The molecule has 7 nitrogen and oxygen atoms in total. The van der Waals surface area contributed by atoms with E-state index >= 15 is 0 Å². The zero-order valence-electron chi connectivity index (χ0n) is 12.5. The number of ether oxygens (including phenoxy) is 1. The lowest BCUT2D eigenvalue weighted by atomic mass is 10.1. The molecule has 1 atom stereocenters. The van der Waals surface area contributed by atoms with Crippen LogP contribution in [0.1, 0.15) is 48.5 Å². The van der Waals surface area contributed by atoms with Gasteiger partial charge in [0.1, 0.15) is 17.3 Å². The van der Waals surface area contributed by atoms with Crippen LogP contribution in [0.15, 0.2) is 18.3 Å². The Morgan fingerprint density at radius 3 is 2.48 bits per heavy atom. The quantitative estimate of drug-likeness (QED) is 0.791. The number of amides is 2. The molecule has 1 aromatic rings. The number of rotatable bonds is 4. The lowest BCUT2D eigenvalue weighted by molar-refractivity contribution is -0.119. The van der Waals surface area contributed by atoms with Gasteiger partial charge in [0.2, 0.25) is 5.91 Å². The summed E-state index contributed by atoms with van der Waals surface area (Å²) in [6.45, 7) is 6.60. The molecule has 0 spiro atoms. The van der Waals surface area contributed by atoms with E-state index in [1.165, 1.54) is 25.3 Å². The van der Waals surface area contributed by atoms with Crippen LogP contribution in [0.2, 0.25) is 0 Å². The van der Waals surface area contributed by atoms with E-state index in [0.717, 1.165) is 0 Å². The third-order valence-corrected chi connectivity index (χ3v) is 2.42. The summed E-state index contributed by atoms with van der Waals surface area (Å²) >= 11 is 0. The van der Waals surface area contributed by atoms with Crippen molar-refractivity contribution in [2.75, 3.05) is 0 Å². The van der Waals surface area contributed by atoms with Crippen molar-refractivity contribution < 1.29 is 19.1 Å². The SMILES string of the molecule is C[C@H](NC(=O)c1ncccc1C(=O)OC(C)(C)C)C(N)=O. The van der Waals surface area contributed by atoms with Gasteiger partial charge < -0.3 is 15.8 Å². The van der Waals surface area contributed by atoms with E-state index in [0.29, 0.717) is 0 Å². The molecule has 0 saturated carbocycles. The highest BCUT2D eigenvalue weighted by molar-refractivity contribution is 6.05. The van der Waals surface area contributed by atoms with Gasteiger partial charge in [0.15, 0.2) is 0 Å². The van der Waals surface area contributed by atoms with E-state index in [1.807, 2.05) is 0 Å².